The van der Waals surface area contributed by atoms with E-state index in [1.165, 1.54) is 6.92 Å². The van der Waals surface area contributed by atoms with Gasteiger partial charge in [-0.05, 0) is 24.3 Å². The van der Waals surface area contributed by atoms with Crippen molar-refractivity contribution < 1.29 is 9.53 Å². The van der Waals surface area contributed by atoms with Crippen LogP contribution in [0.4, 0.5) is 5.69 Å². The lowest BCUT2D eigenvalue weighted by molar-refractivity contribution is -0.110. The molecule has 1 aromatic carbocycles. The van der Waals surface area contributed by atoms with Crippen LogP contribution in [0.2, 0.25) is 0 Å². The summed E-state index contributed by atoms with van der Waals surface area (Å²) in [5, 5.41) is 12.3. The summed E-state index contributed by atoms with van der Waals surface area (Å²) < 4.78 is 4.98. The third-order valence-corrected chi connectivity index (χ3v) is 1.83. The molecule has 5 heteroatoms. The predicted molar refractivity (Wildman–Crippen MR) is 60.3 cm³/mol. The van der Waals surface area contributed by atoms with E-state index in [9.17, 15) is 4.79 Å². The fraction of sp³-hybridized carbons (Fsp3) is 0.182. The molecule has 0 heterocycles. The van der Waals surface area contributed by atoms with Crippen LogP contribution in [0.15, 0.2) is 29.4 Å². The molecule has 1 N–H and O–H groups in total. The van der Waals surface area contributed by atoms with Gasteiger partial charge in [0.2, 0.25) is 5.71 Å². The summed E-state index contributed by atoms with van der Waals surface area (Å²) in [5.74, 6) is 0.352. The monoisotopic (exact) mass is 217 g/mol. The number of ketones is 1. The summed E-state index contributed by atoms with van der Waals surface area (Å²) in [4.78, 5) is 10.9. The van der Waals surface area contributed by atoms with Gasteiger partial charge in [0.05, 0.1) is 12.8 Å². The van der Waals surface area contributed by atoms with E-state index < -0.39 is 0 Å². The van der Waals surface area contributed by atoms with Gasteiger partial charge in [0, 0.05) is 6.92 Å². The molecule has 0 aliphatic rings. The Balaban J connectivity index is 2.74. The van der Waals surface area contributed by atoms with Crippen LogP contribution in [0.25, 0.3) is 0 Å². The highest BCUT2D eigenvalue weighted by Gasteiger charge is 2.03. The second-order valence-corrected chi connectivity index (χ2v) is 2.97. The number of carbonyl (C=O) groups excluding carboxylic acids is 1. The number of carbonyl (C=O) groups is 1. The Bertz CT molecular complexity index is 443. The molecule has 0 atom stereocenters. The lowest BCUT2D eigenvalue weighted by Gasteiger charge is -2.02. The average Bonchev–Trinajstić information content (AvgIpc) is 2.30. The molecule has 0 fully saturated rings. The van der Waals surface area contributed by atoms with Crippen molar-refractivity contribution in [2.75, 3.05) is 12.5 Å². The summed E-state index contributed by atoms with van der Waals surface area (Å²) in [6.45, 7) is 1.29. The molecule has 0 aliphatic heterocycles. The van der Waals surface area contributed by atoms with E-state index in [4.69, 9.17) is 10.00 Å². The fourth-order valence-electron chi connectivity index (χ4n) is 0.968. The normalized spacial score (nSPS) is 10.4. The Morgan fingerprint density at radius 1 is 1.44 bits per heavy atom. The minimum absolute atomic E-state index is 0.157. The van der Waals surface area contributed by atoms with Gasteiger partial charge in [0.1, 0.15) is 11.8 Å². The van der Waals surface area contributed by atoms with Gasteiger partial charge in [-0.2, -0.15) is 10.4 Å². The molecule has 5 nitrogen and oxygen atoms in total. The van der Waals surface area contributed by atoms with Crippen molar-refractivity contribution in [3.8, 4) is 11.8 Å². The number of Topliss-reactive ketones (excluding diaryl/α,β-unsaturated/α-hetero) is 1. The van der Waals surface area contributed by atoms with E-state index in [1.807, 2.05) is 0 Å². The molecular weight excluding hydrogens is 206 g/mol. The number of hydrazone groups is 1. The van der Waals surface area contributed by atoms with Crippen LogP contribution in [0.1, 0.15) is 6.92 Å². The quantitative estimate of drug-likeness (QED) is 0.613. The van der Waals surface area contributed by atoms with Crippen molar-refractivity contribution >= 4 is 17.2 Å². The SMILES string of the molecule is COc1ccc(N/N=C(\C#N)C(C)=O)cc1. The van der Waals surface area contributed by atoms with E-state index in [-0.39, 0.29) is 11.5 Å². The average molecular weight is 217 g/mol. The lowest BCUT2D eigenvalue weighted by Crippen LogP contribution is -2.09. The molecule has 0 unspecified atom stereocenters. The van der Waals surface area contributed by atoms with E-state index >= 15 is 0 Å². The Kier molecular flexibility index (Phi) is 4.04. The highest BCUT2D eigenvalue weighted by atomic mass is 16.5. The van der Waals surface area contributed by atoms with Gasteiger partial charge >= 0.3 is 0 Å². The first kappa shape index (κ1) is 11.7. The maximum atomic E-state index is 10.9. The molecule has 0 spiro atoms. The topological polar surface area (TPSA) is 74.5 Å². The van der Waals surface area contributed by atoms with Gasteiger partial charge in [-0.3, -0.25) is 10.2 Å². The number of anilines is 1. The summed E-state index contributed by atoms with van der Waals surface area (Å²) in [7, 11) is 1.57. The molecule has 82 valence electrons. The van der Waals surface area contributed by atoms with E-state index in [0.29, 0.717) is 5.69 Å². The molecule has 0 bridgehead atoms. The summed E-state index contributed by atoms with van der Waals surface area (Å²) >= 11 is 0. The van der Waals surface area contributed by atoms with Crippen LogP contribution in [0, 0.1) is 11.3 Å². The number of nitrogens with one attached hydrogen (secondary N) is 1. The van der Waals surface area contributed by atoms with Crippen molar-refractivity contribution in [3.05, 3.63) is 24.3 Å². The first-order chi connectivity index (χ1) is 7.67. The third kappa shape index (κ3) is 3.10. The van der Waals surface area contributed by atoms with Gasteiger partial charge in [-0.1, -0.05) is 0 Å². The summed E-state index contributed by atoms with van der Waals surface area (Å²) in [6.07, 6.45) is 0. The Hall–Kier alpha value is -2.35. The minimum atomic E-state index is -0.372. The highest BCUT2D eigenvalue weighted by molar-refractivity contribution is 6.45. The predicted octanol–water partition coefficient (Wildman–Crippen LogP) is 1.58. The van der Waals surface area contributed by atoms with Gasteiger partial charge in [0.15, 0.2) is 5.78 Å². The number of hydrogen-bond donors (Lipinski definition) is 1. The zero-order valence-corrected chi connectivity index (χ0v) is 9.02. The number of nitrogens with zero attached hydrogens (tertiary/aromatic N) is 2. The van der Waals surface area contributed by atoms with E-state index in [0.717, 1.165) is 5.75 Å². The molecule has 1 aromatic rings. The molecule has 0 amide bonds. The highest BCUT2D eigenvalue weighted by Crippen LogP contribution is 2.14. The number of ether oxygens (including phenoxy) is 1. The number of hydrogen-bond acceptors (Lipinski definition) is 5. The standard InChI is InChI=1S/C11H11N3O2/c1-8(15)11(7-12)14-13-9-3-5-10(16-2)6-4-9/h3-6,13H,1-2H3/b14-11+. The molecule has 16 heavy (non-hydrogen) atoms. The zero-order chi connectivity index (χ0) is 12.0. The van der Waals surface area contributed by atoms with Crippen molar-refractivity contribution in [2.24, 2.45) is 5.10 Å². The summed E-state index contributed by atoms with van der Waals surface area (Å²) in [5.41, 5.74) is 3.14. The van der Waals surface area contributed by atoms with Crippen molar-refractivity contribution in [2.45, 2.75) is 6.92 Å². The zero-order valence-electron chi connectivity index (χ0n) is 9.02. The van der Waals surface area contributed by atoms with Gasteiger partial charge in [-0.25, -0.2) is 0 Å². The van der Waals surface area contributed by atoms with Crippen molar-refractivity contribution in [1.29, 1.82) is 5.26 Å². The van der Waals surface area contributed by atoms with Crippen LogP contribution >= 0.6 is 0 Å². The molecule has 0 saturated carbocycles. The van der Waals surface area contributed by atoms with E-state index in [1.54, 1.807) is 37.4 Å². The second-order valence-electron chi connectivity index (χ2n) is 2.97. The molecule has 0 aliphatic carbocycles. The molecule has 0 radical (unpaired) electrons. The largest absolute Gasteiger partial charge is 0.497 e. The first-order valence-electron chi connectivity index (χ1n) is 4.56. The number of rotatable bonds is 4. The molecule has 0 saturated heterocycles. The second kappa shape index (κ2) is 5.51. The number of nitriles is 1. The van der Waals surface area contributed by atoms with Gasteiger partial charge in [-0.15, -0.1) is 0 Å². The Morgan fingerprint density at radius 2 is 2.06 bits per heavy atom. The van der Waals surface area contributed by atoms with Crippen LogP contribution in [0.5, 0.6) is 5.75 Å². The van der Waals surface area contributed by atoms with Gasteiger partial charge < -0.3 is 4.74 Å². The molecular formula is C11H11N3O2. The first-order valence-corrected chi connectivity index (χ1v) is 4.56. The fourth-order valence-corrected chi connectivity index (χ4v) is 0.968. The Labute approximate surface area is 93.3 Å². The molecule has 1 rings (SSSR count). The summed E-state index contributed by atoms with van der Waals surface area (Å²) in [6, 6.07) is 8.67. The lowest BCUT2D eigenvalue weighted by atomic mass is 10.3. The van der Waals surface area contributed by atoms with Crippen molar-refractivity contribution in [3.63, 3.8) is 0 Å². The van der Waals surface area contributed by atoms with E-state index in [2.05, 4.69) is 10.5 Å². The smallest absolute Gasteiger partial charge is 0.203 e. The van der Waals surface area contributed by atoms with Crippen molar-refractivity contribution in [1.82, 2.24) is 0 Å². The number of methoxy groups -OCH3 is 1. The number of benzene rings is 1. The Morgan fingerprint density at radius 3 is 2.50 bits per heavy atom. The third-order valence-electron chi connectivity index (χ3n) is 1.83. The molecule has 0 aromatic heterocycles. The van der Waals surface area contributed by atoms with Crippen LogP contribution in [0.3, 0.4) is 0 Å². The van der Waals surface area contributed by atoms with Crippen LogP contribution < -0.4 is 10.2 Å². The van der Waals surface area contributed by atoms with Gasteiger partial charge in [0.25, 0.3) is 0 Å². The maximum absolute atomic E-state index is 10.9. The maximum Gasteiger partial charge on any atom is 0.203 e. The van der Waals surface area contributed by atoms with Crippen LogP contribution in [-0.2, 0) is 4.79 Å². The van der Waals surface area contributed by atoms with Crippen LogP contribution in [-0.4, -0.2) is 18.6 Å². The minimum Gasteiger partial charge on any atom is -0.497 e.